The van der Waals surface area contributed by atoms with Crippen molar-refractivity contribution in [2.24, 2.45) is 0 Å². The molecule has 3 rings (SSSR count). The van der Waals surface area contributed by atoms with Gasteiger partial charge in [-0.05, 0) is 60.8 Å². The van der Waals surface area contributed by atoms with E-state index in [-0.39, 0.29) is 0 Å². The monoisotopic (exact) mass is 417 g/mol. The second kappa shape index (κ2) is 10.5. The van der Waals surface area contributed by atoms with Crippen LogP contribution >= 0.6 is 0 Å². The lowest BCUT2D eigenvalue weighted by Crippen LogP contribution is -2.33. The smallest absolute Gasteiger partial charge is 0.414 e. The highest BCUT2D eigenvalue weighted by molar-refractivity contribution is 6.27. The van der Waals surface area contributed by atoms with Crippen LogP contribution in [-0.4, -0.2) is 62.0 Å². The molecule has 1 heterocycles. The van der Waals surface area contributed by atoms with Gasteiger partial charge in [0.15, 0.2) is 11.5 Å². The molecule has 30 heavy (non-hydrogen) atoms. The standard InChI is InChI=1S/C20H25NO3.C2H2O4/c1-21-10-9-15-12-19(23-3)20(24-4)13-17(15)18(21)11-14-5-7-16(22-2)8-6-14;3-1(4)2(5)6/h5-8,12-13,18H,9-11H2,1-4H3;(H,3,4)(H,5,6)/t18-;/m0./s1. The fourth-order valence-electron chi connectivity index (χ4n) is 3.40. The van der Waals surface area contributed by atoms with Crippen molar-refractivity contribution in [2.75, 3.05) is 34.9 Å². The third-order valence-electron chi connectivity index (χ3n) is 5.04. The molecule has 0 saturated heterocycles. The number of ether oxygens (including phenoxy) is 3. The van der Waals surface area contributed by atoms with E-state index in [2.05, 4.69) is 36.2 Å². The molecule has 0 unspecified atom stereocenters. The summed E-state index contributed by atoms with van der Waals surface area (Å²) in [5.74, 6) is -1.15. The van der Waals surface area contributed by atoms with Gasteiger partial charge in [-0.3, -0.25) is 4.90 Å². The van der Waals surface area contributed by atoms with Crippen LogP contribution in [0.5, 0.6) is 17.2 Å². The van der Waals surface area contributed by atoms with Crippen LogP contribution in [0.3, 0.4) is 0 Å². The van der Waals surface area contributed by atoms with Gasteiger partial charge in [0, 0.05) is 12.6 Å². The fourth-order valence-corrected chi connectivity index (χ4v) is 3.40. The van der Waals surface area contributed by atoms with Crippen molar-refractivity contribution in [3.63, 3.8) is 0 Å². The highest BCUT2D eigenvalue weighted by Crippen LogP contribution is 2.38. The zero-order chi connectivity index (χ0) is 22.3. The van der Waals surface area contributed by atoms with Crippen molar-refractivity contribution < 1.29 is 34.0 Å². The Morgan fingerprint density at radius 3 is 2.03 bits per heavy atom. The largest absolute Gasteiger partial charge is 0.497 e. The third-order valence-corrected chi connectivity index (χ3v) is 5.04. The van der Waals surface area contributed by atoms with Gasteiger partial charge in [-0.1, -0.05) is 12.1 Å². The van der Waals surface area contributed by atoms with Gasteiger partial charge >= 0.3 is 11.9 Å². The Labute approximate surface area is 175 Å². The molecule has 1 atom stereocenters. The highest BCUT2D eigenvalue weighted by Gasteiger charge is 2.27. The fraction of sp³-hybridized carbons (Fsp3) is 0.364. The summed E-state index contributed by atoms with van der Waals surface area (Å²) in [7, 11) is 7.26. The average molecular weight is 417 g/mol. The van der Waals surface area contributed by atoms with Crippen molar-refractivity contribution in [1.29, 1.82) is 0 Å². The van der Waals surface area contributed by atoms with E-state index in [1.807, 2.05) is 12.1 Å². The Bertz CT molecular complexity index is 868. The molecule has 0 aromatic heterocycles. The highest BCUT2D eigenvalue weighted by atomic mass is 16.5. The summed E-state index contributed by atoms with van der Waals surface area (Å²) < 4.78 is 16.2. The molecule has 162 valence electrons. The zero-order valence-corrected chi connectivity index (χ0v) is 17.5. The molecule has 0 bridgehead atoms. The summed E-state index contributed by atoms with van der Waals surface area (Å²) in [5.41, 5.74) is 3.98. The van der Waals surface area contributed by atoms with Crippen LogP contribution in [0.1, 0.15) is 22.7 Å². The number of carboxylic acid groups (broad SMARTS) is 2. The summed E-state index contributed by atoms with van der Waals surface area (Å²) >= 11 is 0. The Hall–Kier alpha value is -3.26. The minimum Gasteiger partial charge on any atom is -0.497 e. The molecule has 8 nitrogen and oxygen atoms in total. The maximum absolute atomic E-state index is 9.10. The number of benzene rings is 2. The van der Waals surface area contributed by atoms with Crippen molar-refractivity contribution >= 4 is 11.9 Å². The van der Waals surface area contributed by atoms with Gasteiger partial charge in [-0.15, -0.1) is 0 Å². The lowest BCUT2D eigenvalue weighted by Gasteiger charge is -2.35. The van der Waals surface area contributed by atoms with E-state index in [1.54, 1.807) is 21.3 Å². The number of aliphatic carboxylic acids is 2. The number of fused-ring (bicyclic) bond motifs is 1. The average Bonchev–Trinajstić information content (AvgIpc) is 2.75. The molecular formula is C22H27NO7. The van der Waals surface area contributed by atoms with E-state index in [0.717, 1.165) is 36.6 Å². The normalized spacial score (nSPS) is 15.3. The van der Waals surface area contributed by atoms with E-state index in [1.165, 1.54) is 16.7 Å². The van der Waals surface area contributed by atoms with Gasteiger partial charge in [0.05, 0.1) is 21.3 Å². The molecular weight excluding hydrogens is 390 g/mol. The van der Waals surface area contributed by atoms with E-state index < -0.39 is 11.9 Å². The van der Waals surface area contributed by atoms with Crippen LogP contribution in [-0.2, 0) is 22.4 Å². The molecule has 2 aromatic carbocycles. The minimum atomic E-state index is -1.82. The molecule has 0 fully saturated rings. The van der Waals surface area contributed by atoms with Gasteiger partial charge in [0.25, 0.3) is 0 Å². The predicted molar refractivity (Wildman–Crippen MR) is 111 cm³/mol. The number of rotatable bonds is 5. The topological polar surface area (TPSA) is 106 Å². The number of carboxylic acids is 2. The van der Waals surface area contributed by atoms with E-state index >= 15 is 0 Å². The van der Waals surface area contributed by atoms with Gasteiger partial charge in [0.2, 0.25) is 0 Å². The van der Waals surface area contributed by atoms with Crippen LogP contribution in [0.2, 0.25) is 0 Å². The quantitative estimate of drug-likeness (QED) is 0.716. The summed E-state index contributed by atoms with van der Waals surface area (Å²) in [5, 5.41) is 14.8. The van der Waals surface area contributed by atoms with Crippen molar-refractivity contribution in [1.82, 2.24) is 4.90 Å². The third kappa shape index (κ3) is 5.64. The number of nitrogens with zero attached hydrogens (tertiary/aromatic N) is 1. The van der Waals surface area contributed by atoms with Crippen molar-refractivity contribution in [3.05, 3.63) is 53.1 Å². The molecule has 0 radical (unpaired) electrons. The van der Waals surface area contributed by atoms with Gasteiger partial charge < -0.3 is 24.4 Å². The molecule has 0 saturated carbocycles. The van der Waals surface area contributed by atoms with Crippen LogP contribution in [0, 0.1) is 0 Å². The maximum Gasteiger partial charge on any atom is 0.414 e. The second-order valence-electron chi connectivity index (χ2n) is 6.81. The Morgan fingerprint density at radius 2 is 1.53 bits per heavy atom. The summed E-state index contributed by atoms with van der Waals surface area (Å²) in [6.45, 7) is 1.04. The van der Waals surface area contributed by atoms with E-state index in [9.17, 15) is 0 Å². The molecule has 0 amide bonds. The first-order valence-corrected chi connectivity index (χ1v) is 9.34. The van der Waals surface area contributed by atoms with E-state index in [0.29, 0.717) is 6.04 Å². The number of carbonyl (C=O) groups is 2. The first-order chi connectivity index (χ1) is 14.3. The van der Waals surface area contributed by atoms with Crippen LogP contribution < -0.4 is 14.2 Å². The summed E-state index contributed by atoms with van der Waals surface area (Å²) in [6.07, 6.45) is 1.99. The SMILES string of the molecule is COc1ccc(C[C@H]2c3cc(OC)c(OC)cc3CCN2C)cc1.O=C(O)C(=O)O. The molecule has 8 heteroatoms. The number of hydrogen-bond donors (Lipinski definition) is 2. The van der Waals surface area contributed by atoms with Crippen molar-refractivity contribution in [2.45, 2.75) is 18.9 Å². The Morgan fingerprint density at radius 1 is 0.967 bits per heavy atom. The lowest BCUT2D eigenvalue weighted by molar-refractivity contribution is -0.159. The zero-order valence-electron chi connectivity index (χ0n) is 17.5. The predicted octanol–water partition coefficient (Wildman–Crippen LogP) is 2.64. The number of hydrogen-bond acceptors (Lipinski definition) is 6. The van der Waals surface area contributed by atoms with Crippen LogP contribution in [0.4, 0.5) is 0 Å². The van der Waals surface area contributed by atoms with Gasteiger partial charge in [-0.2, -0.15) is 0 Å². The van der Waals surface area contributed by atoms with E-state index in [4.69, 9.17) is 34.0 Å². The molecule has 2 N–H and O–H groups in total. The van der Waals surface area contributed by atoms with Crippen LogP contribution in [0.25, 0.3) is 0 Å². The Balaban J connectivity index is 0.000000469. The minimum absolute atomic E-state index is 0.335. The first kappa shape index (κ1) is 23.0. The Kier molecular flexibility index (Phi) is 8.06. The molecule has 2 aromatic rings. The van der Waals surface area contributed by atoms with Gasteiger partial charge in [0.1, 0.15) is 5.75 Å². The molecule has 1 aliphatic heterocycles. The summed E-state index contributed by atoms with van der Waals surface area (Å²) in [6, 6.07) is 12.9. The maximum atomic E-state index is 9.10. The summed E-state index contributed by atoms with van der Waals surface area (Å²) in [4.78, 5) is 20.6. The lowest BCUT2D eigenvalue weighted by atomic mass is 9.88. The molecule has 0 aliphatic carbocycles. The number of likely N-dealkylation sites (N-methyl/N-ethyl adjacent to an activating group) is 1. The number of methoxy groups -OCH3 is 3. The van der Waals surface area contributed by atoms with Crippen molar-refractivity contribution in [3.8, 4) is 17.2 Å². The van der Waals surface area contributed by atoms with Crippen LogP contribution in [0.15, 0.2) is 36.4 Å². The van der Waals surface area contributed by atoms with Gasteiger partial charge in [-0.25, -0.2) is 9.59 Å². The first-order valence-electron chi connectivity index (χ1n) is 9.34. The second-order valence-corrected chi connectivity index (χ2v) is 6.81. The molecule has 0 spiro atoms. The molecule has 1 aliphatic rings.